The summed E-state index contributed by atoms with van der Waals surface area (Å²) in [6.07, 6.45) is 6.05. The summed E-state index contributed by atoms with van der Waals surface area (Å²) in [4.78, 5) is 48.3. The molecule has 1 spiro atoms. The number of hydrogen-bond donors (Lipinski definition) is 1. The smallest absolute Gasteiger partial charge is 0.253 e. The number of aliphatic hydroxyl groups is 1. The minimum atomic E-state index is -1.20. The number of alkyl halides is 1. The first-order chi connectivity index (χ1) is 21.3. The average molecular weight is 685 g/mol. The molecule has 2 aromatic carbocycles. The Kier molecular flexibility index (Phi) is 10.3. The van der Waals surface area contributed by atoms with Gasteiger partial charge in [-0.15, -0.1) is 13.2 Å². The van der Waals surface area contributed by atoms with Gasteiger partial charge in [0.05, 0.1) is 28.6 Å². The molecule has 6 atom stereocenters. The van der Waals surface area contributed by atoms with Crippen LogP contribution in [0.2, 0.25) is 5.02 Å². The molecule has 3 saturated heterocycles. The maximum absolute atomic E-state index is 14.7. The molecule has 0 radical (unpaired) electrons. The summed E-state index contributed by atoms with van der Waals surface area (Å²) in [5, 5.41) is 9.64. The average Bonchev–Trinajstić information content (AvgIpc) is 3.62. The second-order valence-electron chi connectivity index (χ2n) is 11.6. The molecule has 2 bridgehead atoms. The number of carbonyl (C=O) groups excluding carboxylic acids is 3. The minimum Gasteiger partial charge on any atom is -0.396 e. The summed E-state index contributed by atoms with van der Waals surface area (Å²) in [5.41, 5.74) is 0.0245. The lowest BCUT2D eigenvalue weighted by molar-refractivity contribution is -0.140. The molecule has 2 aromatic rings. The molecule has 3 heterocycles. The summed E-state index contributed by atoms with van der Waals surface area (Å²) < 4.78 is 6.75. The molecule has 3 amide bonds. The highest BCUT2D eigenvalue weighted by molar-refractivity contribution is 9.09. The topological polar surface area (TPSA) is 90.4 Å². The predicted molar refractivity (Wildman–Crippen MR) is 176 cm³/mol. The van der Waals surface area contributed by atoms with E-state index in [4.69, 9.17) is 16.3 Å². The van der Waals surface area contributed by atoms with Crippen LogP contribution in [0.15, 0.2) is 79.9 Å². The van der Waals surface area contributed by atoms with Crippen molar-refractivity contribution in [1.82, 2.24) is 4.90 Å². The van der Waals surface area contributed by atoms with E-state index in [-0.39, 0.29) is 42.2 Å². The lowest BCUT2D eigenvalue weighted by Crippen LogP contribution is -2.57. The monoisotopic (exact) mass is 683 g/mol. The largest absolute Gasteiger partial charge is 0.396 e. The number of ether oxygens (including phenoxy) is 1. The Balaban J connectivity index is 1.56. The van der Waals surface area contributed by atoms with Crippen molar-refractivity contribution >= 4 is 56.6 Å². The zero-order valence-electron chi connectivity index (χ0n) is 24.7. The number of halogens is 2. The standard InChI is InChI=1S/C34H39BrClN3O5/c1-3-18-37(23-14-8-7-9-15-23)31(41)27-28-32(42)39(20-12-5-6-13-21-40)30(34(28)22-24(35)29(27)44-34)33(43)38(19-4-2)26-17-11-10-16-25(26)36/h3-4,7-11,14-17,24,27-30,40H,1-2,5-6,12-13,18-22H2/t24?,27-,28-,29-,30?,34?/m0/s1. The first-order valence-corrected chi connectivity index (χ1v) is 16.5. The van der Waals surface area contributed by atoms with Gasteiger partial charge in [-0.05, 0) is 43.5 Å². The highest BCUT2D eigenvalue weighted by Gasteiger charge is 2.77. The molecule has 0 aliphatic carbocycles. The number of para-hydroxylation sites is 2. The van der Waals surface area contributed by atoms with Crippen LogP contribution in [-0.2, 0) is 19.1 Å². The van der Waals surface area contributed by atoms with Gasteiger partial charge in [-0.1, -0.05) is 82.9 Å². The van der Waals surface area contributed by atoms with Gasteiger partial charge in [0.2, 0.25) is 11.8 Å². The number of anilines is 2. The Bertz CT molecular complexity index is 1390. The number of rotatable bonds is 14. The van der Waals surface area contributed by atoms with Crippen LogP contribution in [0.4, 0.5) is 11.4 Å². The van der Waals surface area contributed by atoms with Gasteiger partial charge in [0.15, 0.2) is 0 Å². The molecule has 234 valence electrons. The summed E-state index contributed by atoms with van der Waals surface area (Å²) in [6.45, 7) is 8.62. The van der Waals surface area contributed by atoms with E-state index < -0.39 is 29.6 Å². The molecule has 0 saturated carbocycles. The first kappa shape index (κ1) is 32.4. The zero-order chi connectivity index (χ0) is 31.4. The quantitative estimate of drug-likeness (QED) is 0.164. The lowest BCUT2D eigenvalue weighted by atomic mass is 9.70. The van der Waals surface area contributed by atoms with Crippen LogP contribution in [0.5, 0.6) is 0 Å². The van der Waals surface area contributed by atoms with Gasteiger partial charge in [-0.3, -0.25) is 14.4 Å². The second kappa shape index (κ2) is 14.0. The van der Waals surface area contributed by atoms with Crippen molar-refractivity contribution in [3.8, 4) is 0 Å². The van der Waals surface area contributed by atoms with Crippen LogP contribution in [0.1, 0.15) is 32.1 Å². The van der Waals surface area contributed by atoms with Crippen molar-refractivity contribution in [3.05, 3.63) is 84.9 Å². The first-order valence-electron chi connectivity index (χ1n) is 15.2. The van der Waals surface area contributed by atoms with Crippen molar-refractivity contribution in [3.63, 3.8) is 0 Å². The highest BCUT2D eigenvalue weighted by Crippen LogP contribution is 2.60. The molecule has 44 heavy (non-hydrogen) atoms. The lowest BCUT2D eigenvalue weighted by Gasteiger charge is -2.37. The van der Waals surface area contributed by atoms with Crippen molar-refractivity contribution < 1.29 is 24.2 Å². The maximum atomic E-state index is 14.7. The van der Waals surface area contributed by atoms with Crippen LogP contribution in [0.25, 0.3) is 0 Å². The minimum absolute atomic E-state index is 0.109. The summed E-state index contributed by atoms with van der Waals surface area (Å²) >= 11 is 10.3. The normalized spacial score (nSPS) is 26.8. The third-order valence-electron chi connectivity index (χ3n) is 8.98. The molecule has 3 aliphatic rings. The van der Waals surface area contributed by atoms with E-state index in [1.54, 1.807) is 45.1 Å². The number of likely N-dealkylation sites (tertiary alicyclic amines) is 1. The third kappa shape index (κ3) is 5.75. The molecular formula is C34H39BrClN3O5. The van der Waals surface area contributed by atoms with Crippen LogP contribution in [0.3, 0.4) is 0 Å². The highest BCUT2D eigenvalue weighted by atomic mass is 79.9. The van der Waals surface area contributed by atoms with E-state index in [9.17, 15) is 19.5 Å². The molecule has 3 fully saturated rings. The number of hydrogen-bond acceptors (Lipinski definition) is 5. The number of nitrogens with zero attached hydrogens (tertiary/aromatic N) is 3. The molecule has 5 rings (SSSR count). The Hall–Kier alpha value is -2.98. The van der Waals surface area contributed by atoms with Gasteiger partial charge in [-0.25, -0.2) is 0 Å². The summed E-state index contributed by atoms with van der Waals surface area (Å²) in [7, 11) is 0. The fourth-order valence-electron chi connectivity index (χ4n) is 7.17. The molecular weight excluding hydrogens is 646 g/mol. The Labute approximate surface area is 272 Å². The van der Waals surface area contributed by atoms with E-state index in [0.717, 1.165) is 12.8 Å². The van der Waals surface area contributed by atoms with E-state index in [1.807, 2.05) is 36.4 Å². The van der Waals surface area contributed by atoms with Crippen molar-refractivity contribution in [2.24, 2.45) is 11.8 Å². The van der Waals surface area contributed by atoms with E-state index in [2.05, 4.69) is 29.1 Å². The molecule has 10 heteroatoms. The number of aliphatic hydroxyl groups excluding tert-OH is 1. The van der Waals surface area contributed by atoms with Crippen molar-refractivity contribution in [2.75, 3.05) is 36.0 Å². The SMILES string of the molecule is C=CCN(C(=O)[C@H]1[C@H]2C(=O)N(CCCCCCO)C(C(=O)N(CC=C)c3ccccc3Cl)C23CC(Br)[C@@H]1O3)c1ccccc1. The van der Waals surface area contributed by atoms with Crippen LogP contribution < -0.4 is 9.80 Å². The Morgan fingerprint density at radius 2 is 1.66 bits per heavy atom. The van der Waals surface area contributed by atoms with Gasteiger partial charge in [0.25, 0.3) is 5.91 Å². The van der Waals surface area contributed by atoms with Gasteiger partial charge in [-0.2, -0.15) is 0 Å². The fourth-order valence-corrected chi connectivity index (χ4v) is 8.35. The van der Waals surface area contributed by atoms with Gasteiger partial charge >= 0.3 is 0 Å². The van der Waals surface area contributed by atoms with Gasteiger partial charge in [0, 0.05) is 36.8 Å². The van der Waals surface area contributed by atoms with E-state index in [1.165, 1.54) is 0 Å². The molecule has 0 aromatic heterocycles. The van der Waals surface area contributed by atoms with Gasteiger partial charge < -0.3 is 24.5 Å². The van der Waals surface area contributed by atoms with Crippen LogP contribution in [0, 0.1) is 11.8 Å². The number of amides is 3. The fraction of sp³-hybridized carbons (Fsp3) is 0.441. The number of carbonyl (C=O) groups is 3. The van der Waals surface area contributed by atoms with Crippen LogP contribution in [-0.4, -0.2) is 76.5 Å². The summed E-state index contributed by atoms with van der Waals surface area (Å²) in [6, 6.07) is 15.5. The third-order valence-corrected chi connectivity index (χ3v) is 10.1. The number of benzene rings is 2. The second-order valence-corrected chi connectivity index (χ2v) is 13.2. The molecule has 3 aliphatic heterocycles. The van der Waals surface area contributed by atoms with Crippen LogP contribution >= 0.6 is 27.5 Å². The zero-order valence-corrected chi connectivity index (χ0v) is 27.0. The van der Waals surface area contributed by atoms with Crippen molar-refractivity contribution in [2.45, 2.75) is 54.7 Å². The number of unbranched alkanes of at least 4 members (excludes halogenated alkanes) is 3. The predicted octanol–water partition coefficient (Wildman–Crippen LogP) is 5.38. The Morgan fingerprint density at radius 3 is 2.34 bits per heavy atom. The van der Waals surface area contributed by atoms with E-state index in [0.29, 0.717) is 42.2 Å². The van der Waals surface area contributed by atoms with Crippen molar-refractivity contribution in [1.29, 1.82) is 0 Å². The van der Waals surface area contributed by atoms with E-state index >= 15 is 0 Å². The maximum Gasteiger partial charge on any atom is 0.253 e. The van der Waals surface area contributed by atoms with Gasteiger partial charge in [0.1, 0.15) is 11.6 Å². The number of fused-ring (bicyclic) bond motifs is 1. The summed E-state index contributed by atoms with van der Waals surface area (Å²) in [5.74, 6) is -2.40. The molecule has 1 N–H and O–H groups in total. The molecule has 3 unspecified atom stereocenters. The Morgan fingerprint density at radius 1 is 1.00 bits per heavy atom. The molecule has 8 nitrogen and oxygen atoms in total.